The number of hydrogen-bond acceptors (Lipinski definition) is 6. The lowest BCUT2D eigenvalue weighted by Gasteiger charge is -2.22. The number of halogens is 4. The van der Waals surface area contributed by atoms with E-state index < -0.39 is 11.7 Å². The third-order valence-electron chi connectivity index (χ3n) is 6.27. The number of aryl methyl sites for hydroxylation is 2. The van der Waals surface area contributed by atoms with Crippen LogP contribution in [0, 0.1) is 19.7 Å². The predicted octanol–water partition coefficient (Wildman–Crippen LogP) is 6.71. The van der Waals surface area contributed by atoms with Gasteiger partial charge in [-0.05, 0) is 68.5 Å². The molecule has 1 aliphatic rings. The molecule has 1 aromatic carbocycles. The van der Waals surface area contributed by atoms with Crippen molar-refractivity contribution in [1.82, 2.24) is 25.0 Å². The second-order valence-corrected chi connectivity index (χ2v) is 10.4. The Labute approximate surface area is 221 Å². The van der Waals surface area contributed by atoms with Gasteiger partial charge in [0.2, 0.25) is 0 Å². The van der Waals surface area contributed by atoms with E-state index in [0.717, 1.165) is 53.4 Å². The van der Waals surface area contributed by atoms with E-state index in [0.29, 0.717) is 16.3 Å². The molecule has 0 N–H and O–H groups in total. The maximum atomic E-state index is 13.4. The molecule has 0 radical (unpaired) electrons. The number of nitrogens with zero attached hydrogens (tertiary/aromatic N) is 5. The van der Waals surface area contributed by atoms with Gasteiger partial charge in [0.25, 0.3) is 5.56 Å². The minimum absolute atomic E-state index is 0.0686. The van der Waals surface area contributed by atoms with Gasteiger partial charge in [-0.25, -0.2) is 9.07 Å². The number of aromatic nitrogens is 5. The Bertz CT molecular complexity index is 1430. The molecular weight excluding hydrogens is 518 g/mol. The Morgan fingerprint density at radius 3 is 2.39 bits per heavy atom. The molecule has 1 saturated carbocycles. The van der Waals surface area contributed by atoms with Crippen LogP contribution >= 0.6 is 11.3 Å². The van der Waals surface area contributed by atoms with Crippen molar-refractivity contribution in [3.05, 3.63) is 92.2 Å². The van der Waals surface area contributed by atoms with Crippen molar-refractivity contribution in [1.29, 1.82) is 0 Å². The number of alkyl halides is 3. The highest BCUT2D eigenvalue weighted by atomic mass is 32.1. The molecule has 4 aromatic rings. The third-order valence-corrected chi connectivity index (χ3v) is 7.13. The zero-order chi connectivity index (χ0) is 27.3. The van der Waals surface area contributed by atoms with Crippen LogP contribution in [-0.2, 0) is 12.7 Å². The first kappa shape index (κ1) is 27.6. The second-order valence-electron chi connectivity index (χ2n) is 9.20. The standard InChI is InChI=1S/C20H20F3N5OS.C7H7F/c1-12-25-26-18(30-12)16-10-14(13-6-3-2-4-7-13)19(29)28(27-16)11-17-15(20(21,22)23)8-5-9-24-17;1-6-3-2-4-7(8)5-6/h5,8-10,13H,2-4,6-7,11H2,1H3;2-5H,1H3. The number of hydrogen-bond donors (Lipinski definition) is 0. The summed E-state index contributed by atoms with van der Waals surface area (Å²) in [5.74, 6) is -0.0934. The summed E-state index contributed by atoms with van der Waals surface area (Å²) in [5.41, 5.74) is 0.521. The van der Waals surface area contributed by atoms with Gasteiger partial charge in [0.15, 0.2) is 5.01 Å². The Morgan fingerprint density at radius 2 is 1.79 bits per heavy atom. The SMILES string of the molecule is Cc1cccc(F)c1.Cc1nnc(-c2cc(C3CCCCC3)c(=O)n(Cc3ncccc3C(F)(F)F)n2)s1. The first-order valence-corrected chi connectivity index (χ1v) is 13.1. The van der Waals surface area contributed by atoms with Crippen LogP contribution in [-0.4, -0.2) is 25.0 Å². The van der Waals surface area contributed by atoms with Gasteiger partial charge in [-0.2, -0.15) is 18.3 Å². The molecule has 0 aliphatic heterocycles. The molecule has 11 heteroatoms. The van der Waals surface area contributed by atoms with E-state index in [1.807, 2.05) is 19.9 Å². The van der Waals surface area contributed by atoms with Crippen molar-refractivity contribution in [2.24, 2.45) is 0 Å². The van der Waals surface area contributed by atoms with Gasteiger partial charge in [-0.15, -0.1) is 10.2 Å². The minimum atomic E-state index is -4.56. The van der Waals surface area contributed by atoms with Crippen molar-refractivity contribution in [2.75, 3.05) is 0 Å². The van der Waals surface area contributed by atoms with E-state index in [9.17, 15) is 22.4 Å². The number of benzene rings is 1. The van der Waals surface area contributed by atoms with Crippen LogP contribution < -0.4 is 5.56 Å². The lowest BCUT2D eigenvalue weighted by molar-refractivity contribution is -0.138. The van der Waals surface area contributed by atoms with E-state index >= 15 is 0 Å². The van der Waals surface area contributed by atoms with E-state index in [4.69, 9.17) is 0 Å². The number of rotatable bonds is 4. The summed E-state index contributed by atoms with van der Waals surface area (Å²) in [4.78, 5) is 17.1. The lowest BCUT2D eigenvalue weighted by atomic mass is 9.84. The molecule has 0 atom stereocenters. The van der Waals surface area contributed by atoms with Gasteiger partial charge in [-0.1, -0.05) is 42.7 Å². The van der Waals surface area contributed by atoms with Crippen LogP contribution in [0.25, 0.3) is 10.7 Å². The molecule has 0 spiro atoms. The normalized spacial score (nSPS) is 14.2. The summed E-state index contributed by atoms with van der Waals surface area (Å²) < 4.78 is 53.5. The molecule has 0 amide bonds. The average molecular weight is 546 g/mol. The highest BCUT2D eigenvalue weighted by Crippen LogP contribution is 2.34. The highest BCUT2D eigenvalue weighted by molar-refractivity contribution is 7.14. The van der Waals surface area contributed by atoms with Crippen LogP contribution in [0.2, 0.25) is 0 Å². The van der Waals surface area contributed by atoms with Gasteiger partial charge < -0.3 is 0 Å². The Hall–Kier alpha value is -3.47. The van der Waals surface area contributed by atoms with Crippen LogP contribution in [0.4, 0.5) is 17.6 Å². The van der Waals surface area contributed by atoms with Gasteiger partial charge in [0.05, 0.1) is 17.8 Å². The Morgan fingerprint density at radius 1 is 1.03 bits per heavy atom. The zero-order valence-electron chi connectivity index (χ0n) is 21.0. The van der Waals surface area contributed by atoms with Gasteiger partial charge in [-0.3, -0.25) is 9.78 Å². The molecule has 38 heavy (non-hydrogen) atoms. The molecule has 0 bridgehead atoms. The molecule has 5 rings (SSSR count). The van der Waals surface area contributed by atoms with Crippen molar-refractivity contribution < 1.29 is 17.6 Å². The second kappa shape index (κ2) is 11.9. The van der Waals surface area contributed by atoms with Crippen LogP contribution in [0.5, 0.6) is 0 Å². The summed E-state index contributed by atoms with van der Waals surface area (Å²) in [6.07, 6.45) is 1.66. The first-order valence-electron chi connectivity index (χ1n) is 12.3. The van der Waals surface area contributed by atoms with Crippen molar-refractivity contribution in [2.45, 2.75) is 64.6 Å². The van der Waals surface area contributed by atoms with Gasteiger partial charge in [0, 0.05) is 11.8 Å². The molecule has 0 saturated heterocycles. The molecule has 3 heterocycles. The summed E-state index contributed by atoms with van der Waals surface area (Å²) in [5, 5.41) is 13.7. The predicted molar refractivity (Wildman–Crippen MR) is 137 cm³/mol. The van der Waals surface area contributed by atoms with Crippen LogP contribution in [0.15, 0.2) is 53.5 Å². The number of pyridine rings is 1. The van der Waals surface area contributed by atoms with Gasteiger partial charge in [0.1, 0.15) is 16.5 Å². The van der Waals surface area contributed by atoms with E-state index in [1.54, 1.807) is 12.1 Å². The quantitative estimate of drug-likeness (QED) is 0.266. The van der Waals surface area contributed by atoms with Gasteiger partial charge >= 0.3 is 6.18 Å². The summed E-state index contributed by atoms with van der Waals surface area (Å²) in [6.45, 7) is 3.31. The highest BCUT2D eigenvalue weighted by Gasteiger charge is 2.34. The maximum absolute atomic E-state index is 13.4. The molecule has 1 aliphatic carbocycles. The van der Waals surface area contributed by atoms with E-state index in [-0.39, 0.29) is 29.5 Å². The largest absolute Gasteiger partial charge is 0.418 e. The molecule has 200 valence electrons. The fraction of sp³-hybridized carbons (Fsp3) is 0.370. The van der Waals surface area contributed by atoms with E-state index in [1.165, 1.54) is 35.7 Å². The monoisotopic (exact) mass is 545 g/mol. The smallest absolute Gasteiger partial charge is 0.267 e. The van der Waals surface area contributed by atoms with Crippen molar-refractivity contribution in [3.8, 4) is 10.7 Å². The topological polar surface area (TPSA) is 73.6 Å². The fourth-order valence-corrected chi connectivity index (χ4v) is 5.10. The lowest BCUT2D eigenvalue weighted by Crippen LogP contribution is -2.30. The van der Waals surface area contributed by atoms with Crippen molar-refractivity contribution >= 4 is 11.3 Å². The fourth-order valence-electron chi connectivity index (χ4n) is 4.45. The summed E-state index contributed by atoms with van der Waals surface area (Å²) in [6, 6.07) is 10.4. The molecule has 6 nitrogen and oxygen atoms in total. The maximum Gasteiger partial charge on any atom is 0.418 e. The van der Waals surface area contributed by atoms with E-state index in [2.05, 4.69) is 20.3 Å². The van der Waals surface area contributed by atoms with Crippen LogP contribution in [0.3, 0.4) is 0 Å². The first-order chi connectivity index (χ1) is 18.1. The van der Waals surface area contributed by atoms with Crippen molar-refractivity contribution in [3.63, 3.8) is 0 Å². The molecule has 0 unspecified atom stereocenters. The Kier molecular flexibility index (Phi) is 8.65. The molecular formula is C27H27F4N5OS. The Balaban J connectivity index is 0.000000360. The summed E-state index contributed by atoms with van der Waals surface area (Å²) >= 11 is 1.33. The minimum Gasteiger partial charge on any atom is -0.267 e. The molecule has 1 fully saturated rings. The zero-order valence-corrected chi connectivity index (χ0v) is 21.8. The third kappa shape index (κ3) is 6.89. The molecule has 3 aromatic heterocycles. The van der Waals surface area contributed by atoms with Crippen LogP contribution in [0.1, 0.15) is 65.4 Å². The summed E-state index contributed by atoms with van der Waals surface area (Å²) in [7, 11) is 0. The average Bonchev–Trinajstić information content (AvgIpc) is 3.32.